The van der Waals surface area contributed by atoms with E-state index in [0.29, 0.717) is 17.3 Å². The molecule has 0 aliphatic heterocycles. The van der Waals surface area contributed by atoms with E-state index in [-0.39, 0.29) is 17.2 Å². The summed E-state index contributed by atoms with van der Waals surface area (Å²) in [7, 11) is 0. The minimum absolute atomic E-state index is 0.217. The zero-order valence-corrected chi connectivity index (χ0v) is 13.0. The van der Waals surface area contributed by atoms with Crippen LogP contribution in [0.25, 0.3) is 11.3 Å². The molecule has 0 radical (unpaired) electrons. The quantitative estimate of drug-likeness (QED) is 0.905. The number of amides is 1. The molecule has 1 heterocycles. The van der Waals surface area contributed by atoms with Crippen molar-refractivity contribution in [2.24, 2.45) is 5.73 Å². The summed E-state index contributed by atoms with van der Waals surface area (Å²) in [5.74, 6) is 0.657. The molecule has 0 atom stereocenters. The lowest BCUT2D eigenvalue weighted by Gasteiger charge is -2.28. The van der Waals surface area contributed by atoms with Gasteiger partial charge in [-0.25, -0.2) is 0 Å². The predicted molar refractivity (Wildman–Crippen MR) is 86.9 cm³/mol. The first kappa shape index (κ1) is 15.1. The van der Waals surface area contributed by atoms with Crippen LogP contribution in [0.2, 0.25) is 5.02 Å². The minimum Gasteiger partial charge on any atom is -0.451 e. The molecule has 3 N–H and O–H groups in total. The molecule has 116 valence electrons. The largest absolute Gasteiger partial charge is 0.451 e. The molecule has 1 amide bonds. The molecule has 1 aliphatic rings. The zero-order valence-electron chi connectivity index (χ0n) is 12.3. The van der Waals surface area contributed by atoms with Gasteiger partial charge in [0.05, 0.1) is 10.6 Å². The van der Waals surface area contributed by atoms with Crippen molar-refractivity contribution in [2.45, 2.75) is 31.2 Å². The number of hydrogen-bond acceptors (Lipinski definition) is 3. The molecule has 1 aromatic carbocycles. The van der Waals surface area contributed by atoms with Crippen molar-refractivity contribution < 1.29 is 9.21 Å². The molecule has 1 saturated carbocycles. The number of nitrogens with one attached hydrogen (secondary N) is 1. The summed E-state index contributed by atoms with van der Waals surface area (Å²) in [5.41, 5.74) is 6.34. The van der Waals surface area contributed by atoms with E-state index in [4.69, 9.17) is 21.8 Å². The first-order valence-corrected chi connectivity index (χ1v) is 7.89. The number of furan rings is 1. The van der Waals surface area contributed by atoms with E-state index in [1.54, 1.807) is 18.2 Å². The maximum Gasteiger partial charge on any atom is 0.287 e. The number of carbonyl (C=O) groups excluding carboxylic acids is 1. The fourth-order valence-corrected chi connectivity index (χ4v) is 3.23. The van der Waals surface area contributed by atoms with Crippen LogP contribution in [0.15, 0.2) is 40.8 Å². The number of carbonyl (C=O) groups is 1. The Bertz CT molecular complexity index is 675. The first-order valence-electron chi connectivity index (χ1n) is 7.51. The van der Waals surface area contributed by atoms with Crippen molar-refractivity contribution in [2.75, 3.05) is 6.54 Å². The molecule has 0 spiro atoms. The van der Waals surface area contributed by atoms with E-state index in [9.17, 15) is 4.79 Å². The summed E-state index contributed by atoms with van der Waals surface area (Å²) >= 11 is 6.15. The second-order valence-electron chi connectivity index (χ2n) is 5.79. The van der Waals surface area contributed by atoms with Gasteiger partial charge in [-0.1, -0.05) is 36.6 Å². The van der Waals surface area contributed by atoms with Gasteiger partial charge in [-0.05, 0) is 37.1 Å². The van der Waals surface area contributed by atoms with Gasteiger partial charge in [0.2, 0.25) is 0 Å². The monoisotopic (exact) mass is 318 g/mol. The highest BCUT2D eigenvalue weighted by atomic mass is 35.5. The van der Waals surface area contributed by atoms with Crippen molar-refractivity contribution in [3.63, 3.8) is 0 Å². The van der Waals surface area contributed by atoms with Gasteiger partial charge < -0.3 is 15.5 Å². The summed E-state index contributed by atoms with van der Waals surface area (Å²) in [5, 5.41) is 3.64. The normalized spacial score (nSPS) is 16.6. The third-order valence-corrected chi connectivity index (χ3v) is 4.63. The van der Waals surface area contributed by atoms with Crippen LogP contribution in [0.3, 0.4) is 0 Å². The average molecular weight is 319 g/mol. The van der Waals surface area contributed by atoms with Crippen LogP contribution >= 0.6 is 11.6 Å². The number of hydrogen-bond donors (Lipinski definition) is 2. The van der Waals surface area contributed by atoms with Gasteiger partial charge >= 0.3 is 0 Å². The third-order valence-electron chi connectivity index (χ3n) is 4.30. The number of halogens is 1. The van der Waals surface area contributed by atoms with Crippen LogP contribution in [-0.2, 0) is 0 Å². The molecule has 0 unspecified atom stereocenters. The van der Waals surface area contributed by atoms with Crippen LogP contribution in [0.1, 0.15) is 36.2 Å². The predicted octanol–water partition coefficient (Wildman–Crippen LogP) is 3.60. The Hall–Kier alpha value is -1.78. The molecule has 3 rings (SSSR count). The molecule has 1 aromatic heterocycles. The highest BCUT2D eigenvalue weighted by molar-refractivity contribution is 6.33. The van der Waals surface area contributed by atoms with Gasteiger partial charge in [0, 0.05) is 12.1 Å². The highest BCUT2D eigenvalue weighted by Crippen LogP contribution is 2.31. The van der Waals surface area contributed by atoms with Crippen molar-refractivity contribution in [1.29, 1.82) is 0 Å². The van der Waals surface area contributed by atoms with Crippen LogP contribution in [0, 0.1) is 0 Å². The Labute approximate surface area is 134 Å². The summed E-state index contributed by atoms with van der Waals surface area (Å²) in [6.07, 6.45) is 4.04. The first-order chi connectivity index (χ1) is 10.6. The van der Waals surface area contributed by atoms with Gasteiger partial charge in [0.15, 0.2) is 5.76 Å². The summed E-state index contributed by atoms with van der Waals surface area (Å²) < 4.78 is 5.67. The highest BCUT2D eigenvalue weighted by Gasteiger charge is 2.34. The molecule has 1 fully saturated rings. The van der Waals surface area contributed by atoms with Gasteiger partial charge in [0.25, 0.3) is 5.91 Å². The average Bonchev–Trinajstić information content (AvgIpc) is 3.17. The van der Waals surface area contributed by atoms with Gasteiger partial charge in [-0.3, -0.25) is 4.79 Å². The Morgan fingerprint density at radius 2 is 1.95 bits per heavy atom. The van der Waals surface area contributed by atoms with Crippen LogP contribution in [-0.4, -0.2) is 18.0 Å². The standard InChI is InChI=1S/C17H19ClN2O2/c18-13-6-2-1-5-12(13)14-7-8-15(22-14)16(21)20-17(11-19)9-3-4-10-17/h1-2,5-8H,3-4,9-11,19H2,(H,20,21). The van der Waals surface area contributed by atoms with Crippen molar-refractivity contribution in [3.05, 3.63) is 47.2 Å². The molecular weight excluding hydrogens is 300 g/mol. The second kappa shape index (κ2) is 6.15. The molecule has 4 nitrogen and oxygen atoms in total. The van der Waals surface area contributed by atoms with E-state index < -0.39 is 0 Å². The molecule has 2 aromatic rings. The SMILES string of the molecule is NCC1(NC(=O)c2ccc(-c3ccccc3Cl)o2)CCCC1. The number of nitrogens with two attached hydrogens (primary N) is 1. The minimum atomic E-state index is -0.283. The Kier molecular flexibility index (Phi) is 4.23. The van der Waals surface area contributed by atoms with E-state index in [2.05, 4.69) is 5.32 Å². The van der Waals surface area contributed by atoms with Crippen LogP contribution < -0.4 is 11.1 Å². The zero-order chi connectivity index (χ0) is 15.6. The van der Waals surface area contributed by atoms with Crippen molar-refractivity contribution in [3.8, 4) is 11.3 Å². The molecular formula is C17H19ClN2O2. The smallest absolute Gasteiger partial charge is 0.287 e. The molecule has 22 heavy (non-hydrogen) atoms. The topological polar surface area (TPSA) is 68.3 Å². The fraction of sp³-hybridized carbons (Fsp3) is 0.353. The number of benzene rings is 1. The molecule has 0 saturated heterocycles. The van der Waals surface area contributed by atoms with Crippen molar-refractivity contribution >= 4 is 17.5 Å². The van der Waals surface area contributed by atoms with E-state index >= 15 is 0 Å². The van der Waals surface area contributed by atoms with Gasteiger partial charge in [-0.15, -0.1) is 0 Å². The van der Waals surface area contributed by atoms with E-state index in [1.165, 1.54) is 0 Å². The third kappa shape index (κ3) is 2.89. The molecule has 0 bridgehead atoms. The number of rotatable bonds is 4. The summed E-state index contributed by atoms with van der Waals surface area (Å²) in [4.78, 5) is 12.4. The Morgan fingerprint density at radius 1 is 1.23 bits per heavy atom. The Balaban J connectivity index is 1.79. The Morgan fingerprint density at radius 3 is 2.64 bits per heavy atom. The summed E-state index contributed by atoms with van der Waals surface area (Å²) in [6, 6.07) is 10.8. The molecule has 5 heteroatoms. The molecule has 1 aliphatic carbocycles. The lowest BCUT2D eigenvalue weighted by Crippen LogP contribution is -2.51. The maximum atomic E-state index is 12.4. The van der Waals surface area contributed by atoms with Gasteiger partial charge in [0.1, 0.15) is 5.76 Å². The second-order valence-corrected chi connectivity index (χ2v) is 6.20. The maximum absolute atomic E-state index is 12.4. The lowest BCUT2D eigenvalue weighted by atomic mass is 9.98. The fourth-order valence-electron chi connectivity index (χ4n) is 3.00. The van der Waals surface area contributed by atoms with E-state index in [1.807, 2.05) is 18.2 Å². The van der Waals surface area contributed by atoms with E-state index in [0.717, 1.165) is 31.2 Å². The van der Waals surface area contributed by atoms with Crippen LogP contribution in [0.5, 0.6) is 0 Å². The van der Waals surface area contributed by atoms with Gasteiger partial charge in [-0.2, -0.15) is 0 Å². The lowest BCUT2D eigenvalue weighted by molar-refractivity contribution is 0.0875. The van der Waals surface area contributed by atoms with Crippen molar-refractivity contribution in [1.82, 2.24) is 5.32 Å². The van der Waals surface area contributed by atoms with Crippen LogP contribution in [0.4, 0.5) is 0 Å². The summed E-state index contributed by atoms with van der Waals surface area (Å²) in [6.45, 7) is 0.455.